The highest BCUT2D eigenvalue weighted by molar-refractivity contribution is 5.72. The lowest BCUT2D eigenvalue weighted by Crippen LogP contribution is -2.16. The van der Waals surface area contributed by atoms with E-state index in [4.69, 9.17) is 0 Å². The zero-order valence-electron chi connectivity index (χ0n) is 17.8. The van der Waals surface area contributed by atoms with Crippen LogP contribution in [0.25, 0.3) is 22.3 Å². The van der Waals surface area contributed by atoms with E-state index in [9.17, 15) is 22.0 Å². The number of benzene rings is 3. The fraction of sp³-hybridized carbons (Fsp3) is 0.308. The average Bonchev–Trinajstić information content (AvgIpc) is 2.76. The second-order valence-electron chi connectivity index (χ2n) is 7.72. The van der Waals surface area contributed by atoms with E-state index in [1.165, 1.54) is 49.9 Å². The Bertz CT molecular complexity index is 1010. The summed E-state index contributed by atoms with van der Waals surface area (Å²) in [6.07, 6.45) is 2.09. The van der Waals surface area contributed by atoms with Crippen LogP contribution in [0.4, 0.5) is 22.0 Å². The molecule has 170 valence electrons. The number of rotatable bonds is 9. The van der Waals surface area contributed by atoms with Crippen LogP contribution in [0.2, 0.25) is 0 Å². The SMILES string of the molecule is CCCCCCCc1ccc(-c2ccc(-c3ccc(OC(F)(F)F)cc3)c(F)c2F)cc1. The van der Waals surface area contributed by atoms with Gasteiger partial charge in [0.05, 0.1) is 0 Å². The summed E-state index contributed by atoms with van der Waals surface area (Å²) >= 11 is 0. The quantitative estimate of drug-likeness (QED) is 0.235. The second-order valence-corrected chi connectivity index (χ2v) is 7.72. The number of hydrogen-bond acceptors (Lipinski definition) is 1. The van der Waals surface area contributed by atoms with Crippen molar-refractivity contribution in [2.24, 2.45) is 0 Å². The molecule has 1 nitrogen and oxygen atoms in total. The van der Waals surface area contributed by atoms with E-state index in [1.807, 2.05) is 12.1 Å². The van der Waals surface area contributed by atoms with Gasteiger partial charge in [-0.1, -0.05) is 81.1 Å². The molecule has 0 heterocycles. The van der Waals surface area contributed by atoms with Crippen molar-refractivity contribution in [1.82, 2.24) is 0 Å². The molecule has 0 aliphatic rings. The summed E-state index contributed by atoms with van der Waals surface area (Å²) < 4.78 is 70.2. The highest BCUT2D eigenvalue weighted by atomic mass is 19.4. The normalized spacial score (nSPS) is 11.6. The fourth-order valence-corrected chi connectivity index (χ4v) is 3.62. The third-order valence-corrected chi connectivity index (χ3v) is 5.32. The fourth-order valence-electron chi connectivity index (χ4n) is 3.62. The predicted molar refractivity (Wildman–Crippen MR) is 116 cm³/mol. The molecule has 0 bridgehead atoms. The van der Waals surface area contributed by atoms with Crippen LogP contribution in [-0.4, -0.2) is 6.36 Å². The molecule has 0 radical (unpaired) electrons. The molecular formula is C26H25F5O. The average molecular weight is 448 g/mol. The van der Waals surface area contributed by atoms with Crippen LogP contribution >= 0.6 is 0 Å². The number of ether oxygens (including phenoxy) is 1. The lowest BCUT2D eigenvalue weighted by Gasteiger charge is -2.11. The van der Waals surface area contributed by atoms with Gasteiger partial charge in [-0.05, 0) is 41.7 Å². The monoisotopic (exact) mass is 448 g/mol. The summed E-state index contributed by atoms with van der Waals surface area (Å²) in [5.74, 6) is -2.47. The van der Waals surface area contributed by atoms with E-state index in [2.05, 4.69) is 11.7 Å². The van der Waals surface area contributed by atoms with Crippen molar-refractivity contribution in [3.63, 3.8) is 0 Å². The van der Waals surface area contributed by atoms with Crippen molar-refractivity contribution in [3.05, 3.63) is 77.9 Å². The van der Waals surface area contributed by atoms with Crippen LogP contribution in [0.3, 0.4) is 0 Å². The molecule has 0 fully saturated rings. The van der Waals surface area contributed by atoms with Crippen molar-refractivity contribution in [1.29, 1.82) is 0 Å². The summed E-state index contributed by atoms with van der Waals surface area (Å²) in [4.78, 5) is 0. The van der Waals surface area contributed by atoms with E-state index in [0.717, 1.165) is 30.5 Å². The number of halogens is 5. The molecule has 3 aromatic rings. The van der Waals surface area contributed by atoms with Crippen LogP contribution in [0.5, 0.6) is 5.75 Å². The van der Waals surface area contributed by atoms with Gasteiger partial charge >= 0.3 is 6.36 Å². The van der Waals surface area contributed by atoms with Crippen molar-refractivity contribution in [2.45, 2.75) is 51.8 Å². The van der Waals surface area contributed by atoms with Crippen LogP contribution in [0.15, 0.2) is 60.7 Å². The molecule has 3 aromatic carbocycles. The molecule has 0 aliphatic carbocycles. The Kier molecular flexibility index (Phi) is 7.89. The van der Waals surface area contributed by atoms with Gasteiger partial charge in [-0.15, -0.1) is 13.2 Å². The van der Waals surface area contributed by atoms with Gasteiger partial charge < -0.3 is 4.74 Å². The van der Waals surface area contributed by atoms with Gasteiger partial charge in [0.25, 0.3) is 0 Å². The Balaban J connectivity index is 1.73. The molecule has 0 unspecified atom stereocenters. The first-order valence-electron chi connectivity index (χ1n) is 10.7. The first kappa shape index (κ1) is 23.8. The molecule has 3 rings (SSSR count). The van der Waals surface area contributed by atoms with E-state index < -0.39 is 23.7 Å². The van der Waals surface area contributed by atoms with Crippen LogP contribution in [0.1, 0.15) is 44.6 Å². The van der Waals surface area contributed by atoms with E-state index in [1.54, 1.807) is 12.1 Å². The topological polar surface area (TPSA) is 9.23 Å². The molecule has 0 atom stereocenters. The second kappa shape index (κ2) is 10.6. The van der Waals surface area contributed by atoms with E-state index in [0.29, 0.717) is 5.56 Å². The smallest absolute Gasteiger partial charge is 0.406 e. The Morgan fingerprint density at radius 2 is 1.16 bits per heavy atom. The van der Waals surface area contributed by atoms with Crippen molar-refractivity contribution >= 4 is 0 Å². The van der Waals surface area contributed by atoms with Crippen molar-refractivity contribution < 1.29 is 26.7 Å². The minimum atomic E-state index is -4.81. The summed E-state index contributed by atoms with van der Waals surface area (Å²) in [5, 5.41) is 0. The Hall–Kier alpha value is -2.89. The van der Waals surface area contributed by atoms with Crippen molar-refractivity contribution in [3.8, 4) is 28.0 Å². The molecule has 0 saturated heterocycles. The van der Waals surface area contributed by atoms with Gasteiger partial charge in [-0.3, -0.25) is 0 Å². The maximum absolute atomic E-state index is 14.8. The summed E-state index contributed by atoms with van der Waals surface area (Å²) in [6, 6.07) is 15.0. The third kappa shape index (κ3) is 6.31. The van der Waals surface area contributed by atoms with Gasteiger partial charge in [-0.2, -0.15) is 0 Å². The van der Waals surface area contributed by atoms with Gasteiger partial charge in [0.1, 0.15) is 5.75 Å². The number of unbranched alkanes of at least 4 members (excludes halogenated alkanes) is 4. The Morgan fingerprint density at radius 3 is 1.66 bits per heavy atom. The van der Waals surface area contributed by atoms with Crippen LogP contribution < -0.4 is 4.74 Å². The number of alkyl halides is 3. The summed E-state index contributed by atoms with van der Waals surface area (Å²) in [5.41, 5.74) is 2.08. The third-order valence-electron chi connectivity index (χ3n) is 5.32. The molecule has 0 spiro atoms. The standard InChI is InChI=1S/C26H25F5O/c1-2-3-4-5-6-7-18-8-10-19(11-9-18)22-16-17-23(25(28)24(22)27)20-12-14-21(15-13-20)32-26(29,30)31/h8-17H,2-7H2,1H3. The molecule has 0 N–H and O–H groups in total. The first-order chi connectivity index (χ1) is 15.3. The predicted octanol–water partition coefficient (Wildman–Crippen LogP) is 8.71. The number of aryl methyl sites for hydroxylation is 1. The molecule has 6 heteroatoms. The lowest BCUT2D eigenvalue weighted by atomic mass is 9.97. The van der Waals surface area contributed by atoms with E-state index >= 15 is 0 Å². The van der Waals surface area contributed by atoms with Crippen LogP contribution in [-0.2, 0) is 6.42 Å². The zero-order valence-corrected chi connectivity index (χ0v) is 17.8. The van der Waals surface area contributed by atoms with Crippen LogP contribution in [0, 0.1) is 11.6 Å². The maximum atomic E-state index is 14.8. The molecule has 0 aliphatic heterocycles. The lowest BCUT2D eigenvalue weighted by molar-refractivity contribution is -0.274. The summed E-state index contributed by atoms with van der Waals surface area (Å²) in [7, 11) is 0. The Morgan fingerprint density at radius 1 is 0.656 bits per heavy atom. The molecule has 0 saturated carbocycles. The first-order valence-corrected chi connectivity index (χ1v) is 10.7. The maximum Gasteiger partial charge on any atom is 0.573 e. The highest BCUT2D eigenvalue weighted by Crippen LogP contribution is 2.33. The van der Waals surface area contributed by atoms with Gasteiger partial charge in [0, 0.05) is 11.1 Å². The highest BCUT2D eigenvalue weighted by Gasteiger charge is 2.31. The summed E-state index contributed by atoms with van der Waals surface area (Å²) in [6.45, 7) is 2.18. The van der Waals surface area contributed by atoms with Gasteiger partial charge in [0.2, 0.25) is 0 Å². The van der Waals surface area contributed by atoms with E-state index in [-0.39, 0.29) is 16.7 Å². The molecule has 0 aromatic heterocycles. The molecule has 0 amide bonds. The Labute approximate surface area is 184 Å². The van der Waals surface area contributed by atoms with Gasteiger partial charge in [0.15, 0.2) is 11.6 Å². The molecular weight excluding hydrogens is 423 g/mol. The number of hydrogen-bond donors (Lipinski definition) is 0. The minimum Gasteiger partial charge on any atom is -0.406 e. The molecule has 32 heavy (non-hydrogen) atoms. The van der Waals surface area contributed by atoms with Gasteiger partial charge in [-0.25, -0.2) is 8.78 Å². The van der Waals surface area contributed by atoms with Crippen molar-refractivity contribution in [2.75, 3.05) is 0 Å². The minimum absolute atomic E-state index is 0.0338. The zero-order chi connectivity index (χ0) is 23.1. The largest absolute Gasteiger partial charge is 0.573 e.